The van der Waals surface area contributed by atoms with E-state index in [2.05, 4.69) is 21.1 Å². The summed E-state index contributed by atoms with van der Waals surface area (Å²) in [4.78, 5) is 16.7. The Hall–Kier alpha value is -2.50. The third-order valence-electron chi connectivity index (χ3n) is 4.56. The fourth-order valence-electron chi connectivity index (χ4n) is 3.36. The minimum Gasteiger partial charge on any atom is -0.454 e. The van der Waals surface area contributed by atoms with Gasteiger partial charge in [0, 0.05) is 31.6 Å². The van der Waals surface area contributed by atoms with Gasteiger partial charge in [-0.05, 0) is 37.5 Å². The summed E-state index contributed by atoms with van der Waals surface area (Å²) in [6.45, 7) is 3.09. The van der Waals surface area contributed by atoms with E-state index < -0.39 is 0 Å². The van der Waals surface area contributed by atoms with Gasteiger partial charge in [0.2, 0.25) is 12.7 Å². The second-order valence-electron chi connectivity index (χ2n) is 6.44. The van der Waals surface area contributed by atoms with E-state index in [1.807, 2.05) is 25.1 Å². The number of nitrogens with zero attached hydrogens (tertiary/aromatic N) is 2. The number of imidazole rings is 1. The predicted octanol–water partition coefficient (Wildman–Crippen LogP) is 1.98. The monoisotopic (exact) mass is 327 g/mol. The van der Waals surface area contributed by atoms with Gasteiger partial charge in [-0.3, -0.25) is 4.79 Å². The van der Waals surface area contributed by atoms with E-state index >= 15 is 0 Å². The number of nitrogens with one attached hydrogen (secondary N) is 1. The first-order valence-electron chi connectivity index (χ1n) is 8.38. The molecule has 2 aliphatic heterocycles. The van der Waals surface area contributed by atoms with Crippen molar-refractivity contribution in [1.82, 2.24) is 14.9 Å². The lowest BCUT2D eigenvalue weighted by Gasteiger charge is -2.24. The molecule has 24 heavy (non-hydrogen) atoms. The fraction of sp³-hybridized carbons (Fsp3) is 0.444. The molecular weight excluding hydrogens is 306 g/mol. The molecule has 1 aromatic carbocycles. The van der Waals surface area contributed by atoms with E-state index in [9.17, 15) is 4.79 Å². The molecule has 0 aliphatic carbocycles. The number of hydrogen-bond donors (Lipinski definition) is 1. The number of aromatic nitrogens is 2. The van der Waals surface area contributed by atoms with E-state index in [1.54, 1.807) is 0 Å². The Bertz CT molecular complexity index is 769. The molecule has 1 atom stereocenters. The SMILES string of the molecule is Cc1cn2c(n1)CC[C@H](NC(=O)CCc1ccc3c(c1)OCO3)C2. The normalized spacial score (nSPS) is 18.3. The molecule has 0 radical (unpaired) electrons. The highest BCUT2D eigenvalue weighted by Gasteiger charge is 2.21. The number of hydrogen-bond acceptors (Lipinski definition) is 4. The van der Waals surface area contributed by atoms with Crippen molar-refractivity contribution in [2.24, 2.45) is 0 Å². The van der Waals surface area contributed by atoms with Gasteiger partial charge in [-0.1, -0.05) is 6.07 Å². The molecule has 6 nitrogen and oxygen atoms in total. The van der Waals surface area contributed by atoms with Crippen LogP contribution in [0.3, 0.4) is 0 Å². The fourth-order valence-corrected chi connectivity index (χ4v) is 3.36. The van der Waals surface area contributed by atoms with Crippen molar-refractivity contribution in [2.75, 3.05) is 6.79 Å². The largest absolute Gasteiger partial charge is 0.454 e. The minimum absolute atomic E-state index is 0.0953. The molecule has 0 saturated heterocycles. The Labute approximate surface area is 140 Å². The summed E-state index contributed by atoms with van der Waals surface area (Å²) in [5.41, 5.74) is 2.13. The van der Waals surface area contributed by atoms with Crippen molar-refractivity contribution in [3.8, 4) is 11.5 Å². The van der Waals surface area contributed by atoms with Crippen LogP contribution in [0.25, 0.3) is 0 Å². The lowest BCUT2D eigenvalue weighted by atomic mass is 10.1. The standard InChI is InChI=1S/C18H21N3O3/c1-12-9-21-10-14(4-6-17(21)19-12)20-18(22)7-3-13-2-5-15-16(8-13)24-11-23-15/h2,5,8-9,14H,3-4,6-7,10-11H2,1H3,(H,20,22)/t14-/m0/s1. The number of aryl methyl sites for hydroxylation is 3. The summed E-state index contributed by atoms with van der Waals surface area (Å²) in [5.74, 6) is 2.76. The zero-order chi connectivity index (χ0) is 16.5. The maximum absolute atomic E-state index is 12.2. The lowest BCUT2D eigenvalue weighted by Crippen LogP contribution is -2.40. The molecule has 126 valence electrons. The van der Waals surface area contributed by atoms with Gasteiger partial charge in [-0.15, -0.1) is 0 Å². The van der Waals surface area contributed by atoms with Gasteiger partial charge in [0.25, 0.3) is 0 Å². The van der Waals surface area contributed by atoms with Crippen molar-refractivity contribution in [3.05, 3.63) is 41.5 Å². The zero-order valence-electron chi connectivity index (χ0n) is 13.7. The lowest BCUT2D eigenvalue weighted by molar-refractivity contribution is -0.122. The number of ether oxygens (including phenoxy) is 2. The first-order valence-corrected chi connectivity index (χ1v) is 8.38. The Kier molecular flexibility index (Phi) is 3.88. The van der Waals surface area contributed by atoms with E-state index in [0.29, 0.717) is 12.8 Å². The van der Waals surface area contributed by atoms with E-state index in [-0.39, 0.29) is 18.7 Å². The van der Waals surface area contributed by atoms with Gasteiger partial charge in [-0.25, -0.2) is 4.98 Å². The van der Waals surface area contributed by atoms with Crippen molar-refractivity contribution >= 4 is 5.91 Å². The highest BCUT2D eigenvalue weighted by Crippen LogP contribution is 2.32. The molecule has 0 bridgehead atoms. The van der Waals surface area contributed by atoms with Gasteiger partial charge in [0.15, 0.2) is 11.5 Å². The summed E-state index contributed by atoms with van der Waals surface area (Å²) in [5, 5.41) is 3.15. The molecule has 2 aromatic rings. The van der Waals surface area contributed by atoms with Gasteiger partial charge in [0.1, 0.15) is 5.82 Å². The van der Waals surface area contributed by atoms with E-state index in [1.165, 1.54) is 0 Å². The summed E-state index contributed by atoms with van der Waals surface area (Å²) >= 11 is 0. The van der Waals surface area contributed by atoms with Crippen LogP contribution in [-0.2, 0) is 24.2 Å². The Balaban J connectivity index is 1.29. The van der Waals surface area contributed by atoms with Crippen molar-refractivity contribution in [2.45, 2.75) is 45.2 Å². The van der Waals surface area contributed by atoms with Crippen LogP contribution >= 0.6 is 0 Å². The smallest absolute Gasteiger partial charge is 0.231 e. The van der Waals surface area contributed by atoms with E-state index in [0.717, 1.165) is 48.0 Å². The Morgan fingerprint density at radius 2 is 2.25 bits per heavy atom. The second-order valence-corrected chi connectivity index (χ2v) is 6.44. The molecule has 6 heteroatoms. The number of carbonyl (C=O) groups excluding carboxylic acids is 1. The summed E-state index contributed by atoms with van der Waals surface area (Å²) in [6, 6.07) is 6.04. The van der Waals surface area contributed by atoms with Crippen LogP contribution in [0, 0.1) is 6.92 Å². The van der Waals surface area contributed by atoms with E-state index in [4.69, 9.17) is 9.47 Å². The minimum atomic E-state index is 0.0953. The first-order chi connectivity index (χ1) is 11.7. The summed E-state index contributed by atoms with van der Waals surface area (Å²) in [6.07, 6.45) is 5.10. The van der Waals surface area contributed by atoms with Gasteiger partial charge in [-0.2, -0.15) is 0 Å². The average Bonchev–Trinajstić information content (AvgIpc) is 3.17. The number of rotatable bonds is 4. The number of amides is 1. The number of fused-ring (bicyclic) bond motifs is 2. The van der Waals surface area contributed by atoms with Crippen LogP contribution in [-0.4, -0.2) is 28.3 Å². The maximum atomic E-state index is 12.2. The third-order valence-corrected chi connectivity index (χ3v) is 4.56. The van der Waals surface area contributed by atoms with Crippen molar-refractivity contribution < 1.29 is 14.3 Å². The number of carbonyl (C=O) groups is 1. The van der Waals surface area contributed by atoms with Crippen LogP contribution in [0.2, 0.25) is 0 Å². The molecule has 3 heterocycles. The second kappa shape index (κ2) is 6.19. The van der Waals surface area contributed by atoms with Crippen LogP contribution in [0.5, 0.6) is 11.5 Å². The molecule has 1 N–H and O–H groups in total. The Morgan fingerprint density at radius 1 is 1.38 bits per heavy atom. The van der Waals surface area contributed by atoms with Crippen LogP contribution in [0.1, 0.15) is 29.9 Å². The average molecular weight is 327 g/mol. The Morgan fingerprint density at radius 3 is 3.17 bits per heavy atom. The molecule has 2 aliphatic rings. The molecule has 4 rings (SSSR count). The van der Waals surface area contributed by atoms with Crippen LogP contribution in [0.4, 0.5) is 0 Å². The van der Waals surface area contributed by atoms with Crippen molar-refractivity contribution in [1.29, 1.82) is 0 Å². The molecule has 1 amide bonds. The summed E-state index contributed by atoms with van der Waals surface area (Å²) in [7, 11) is 0. The predicted molar refractivity (Wildman–Crippen MR) is 88.1 cm³/mol. The molecule has 0 unspecified atom stereocenters. The van der Waals surface area contributed by atoms with Crippen molar-refractivity contribution in [3.63, 3.8) is 0 Å². The van der Waals surface area contributed by atoms with Crippen LogP contribution in [0.15, 0.2) is 24.4 Å². The van der Waals surface area contributed by atoms with Gasteiger partial charge >= 0.3 is 0 Å². The zero-order valence-corrected chi connectivity index (χ0v) is 13.7. The maximum Gasteiger partial charge on any atom is 0.231 e. The third kappa shape index (κ3) is 3.09. The van der Waals surface area contributed by atoms with Crippen LogP contribution < -0.4 is 14.8 Å². The van der Waals surface area contributed by atoms with Gasteiger partial charge in [0.05, 0.1) is 5.69 Å². The summed E-state index contributed by atoms with van der Waals surface area (Å²) < 4.78 is 12.8. The highest BCUT2D eigenvalue weighted by molar-refractivity contribution is 5.76. The molecule has 0 saturated carbocycles. The highest BCUT2D eigenvalue weighted by atomic mass is 16.7. The quantitative estimate of drug-likeness (QED) is 0.932. The molecule has 0 spiro atoms. The molecular formula is C18H21N3O3. The topological polar surface area (TPSA) is 65.4 Å². The number of benzene rings is 1. The first kappa shape index (κ1) is 15.1. The molecule has 0 fully saturated rings. The molecule has 1 aromatic heterocycles. The van der Waals surface area contributed by atoms with Gasteiger partial charge < -0.3 is 19.4 Å².